The lowest BCUT2D eigenvalue weighted by Gasteiger charge is -2.05. The van der Waals surface area contributed by atoms with Crippen LogP contribution < -0.4 is 5.73 Å². The minimum Gasteiger partial charge on any atom is -0.381 e. The van der Waals surface area contributed by atoms with Crippen molar-refractivity contribution < 1.29 is 4.74 Å². The lowest BCUT2D eigenvalue weighted by atomic mass is 10.2. The molecular weight excluding hydrogens is 214 g/mol. The predicted octanol–water partition coefficient (Wildman–Crippen LogP) is 1.90. The number of hydrogen-bond donors (Lipinski definition) is 1. The van der Waals surface area contributed by atoms with Crippen molar-refractivity contribution in [2.24, 2.45) is 5.73 Å². The minimum atomic E-state index is 0.392. The van der Waals surface area contributed by atoms with Gasteiger partial charge in [-0.05, 0) is 31.4 Å². The Morgan fingerprint density at radius 3 is 2.41 bits per heavy atom. The molecule has 0 aliphatic rings. The van der Waals surface area contributed by atoms with E-state index in [9.17, 15) is 0 Å². The number of rotatable bonds is 8. The van der Waals surface area contributed by atoms with Crippen molar-refractivity contribution in [2.45, 2.75) is 39.0 Å². The second-order valence-electron chi connectivity index (χ2n) is 4.46. The van der Waals surface area contributed by atoms with Gasteiger partial charge in [0.15, 0.2) is 0 Å². The van der Waals surface area contributed by atoms with Gasteiger partial charge in [-0.25, -0.2) is 9.97 Å². The number of nitrogens with zero attached hydrogens (tertiary/aromatic N) is 2. The Hall–Kier alpha value is -1.00. The molecule has 0 saturated carbocycles. The van der Waals surface area contributed by atoms with Crippen molar-refractivity contribution in [3.8, 4) is 0 Å². The fourth-order valence-corrected chi connectivity index (χ4v) is 1.46. The van der Waals surface area contributed by atoms with Gasteiger partial charge in [0.25, 0.3) is 0 Å². The summed E-state index contributed by atoms with van der Waals surface area (Å²) in [6, 6.07) is 0. The van der Waals surface area contributed by atoms with E-state index in [4.69, 9.17) is 10.5 Å². The summed E-state index contributed by atoms with van der Waals surface area (Å²) in [6.07, 6.45) is 6.76. The van der Waals surface area contributed by atoms with Crippen LogP contribution in [-0.4, -0.2) is 29.7 Å². The molecule has 0 amide bonds. The molecule has 0 saturated heterocycles. The number of hydrogen-bond acceptors (Lipinski definition) is 4. The zero-order valence-electron chi connectivity index (χ0n) is 10.9. The molecule has 1 heterocycles. The second kappa shape index (κ2) is 8.14. The van der Waals surface area contributed by atoms with Gasteiger partial charge in [-0.3, -0.25) is 0 Å². The van der Waals surface area contributed by atoms with Gasteiger partial charge in [0, 0.05) is 31.5 Å². The molecule has 0 spiro atoms. The van der Waals surface area contributed by atoms with E-state index in [1.807, 2.05) is 12.4 Å². The van der Waals surface area contributed by atoms with Crippen LogP contribution in [0.3, 0.4) is 0 Å². The molecule has 0 aliphatic heterocycles. The number of nitrogens with two attached hydrogens (primary N) is 1. The third-order valence-corrected chi connectivity index (χ3v) is 2.49. The summed E-state index contributed by atoms with van der Waals surface area (Å²) < 4.78 is 5.44. The standard InChI is InChI=1S/C13H23N3O/c1-11(2)13-15-9-12(10-16-13)5-3-7-17-8-4-6-14/h9-11H,3-8,14H2,1-2H3. The van der Waals surface area contributed by atoms with E-state index in [1.165, 1.54) is 5.56 Å². The van der Waals surface area contributed by atoms with Crippen molar-refractivity contribution in [2.75, 3.05) is 19.8 Å². The summed E-state index contributed by atoms with van der Waals surface area (Å²) >= 11 is 0. The van der Waals surface area contributed by atoms with Gasteiger partial charge in [-0.1, -0.05) is 13.8 Å². The van der Waals surface area contributed by atoms with E-state index < -0.39 is 0 Å². The van der Waals surface area contributed by atoms with Crippen molar-refractivity contribution in [3.63, 3.8) is 0 Å². The van der Waals surface area contributed by atoms with Crippen LogP contribution in [0.5, 0.6) is 0 Å². The Morgan fingerprint density at radius 2 is 1.82 bits per heavy atom. The fourth-order valence-electron chi connectivity index (χ4n) is 1.46. The van der Waals surface area contributed by atoms with E-state index in [0.717, 1.165) is 38.3 Å². The molecule has 4 nitrogen and oxygen atoms in total. The summed E-state index contributed by atoms with van der Waals surface area (Å²) in [5.74, 6) is 1.30. The van der Waals surface area contributed by atoms with Crippen LogP contribution in [0, 0.1) is 0 Å². The Morgan fingerprint density at radius 1 is 1.18 bits per heavy atom. The molecule has 4 heteroatoms. The average molecular weight is 237 g/mol. The van der Waals surface area contributed by atoms with Crippen molar-refractivity contribution >= 4 is 0 Å². The highest BCUT2D eigenvalue weighted by Gasteiger charge is 2.02. The van der Waals surface area contributed by atoms with Gasteiger partial charge in [0.1, 0.15) is 5.82 Å². The molecule has 0 radical (unpaired) electrons. The van der Waals surface area contributed by atoms with E-state index in [-0.39, 0.29) is 0 Å². The molecule has 96 valence electrons. The molecule has 0 aliphatic carbocycles. The van der Waals surface area contributed by atoms with Gasteiger partial charge in [0.05, 0.1) is 0 Å². The maximum atomic E-state index is 5.44. The maximum absolute atomic E-state index is 5.44. The van der Waals surface area contributed by atoms with Gasteiger partial charge in [-0.2, -0.15) is 0 Å². The average Bonchev–Trinajstić information content (AvgIpc) is 2.34. The van der Waals surface area contributed by atoms with Crippen LogP contribution in [0.15, 0.2) is 12.4 Å². The Labute approximate surface area is 104 Å². The Kier molecular flexibility index (Phi) is 6.74. The molecule has 17 heavy (non-hydrogen) atoms. The second-order valence-corrected chi connectivity index (χ2v) is 4.46. The smallest absolute Gasteiger partial charge is 0.130 e. The zero-order chi connectivity index (χ0) is 12.5. The zero-order valence-corrected chi connectivity index (χ0v) is 10.9. The minimum absolute atomic E-state index is 0.392. The SMILES string of the molecule is CC(C)c1ncc(CCCOCCCN)cn1. The molecule has 1 aromatic rings. The molecule has 0 aromatic carbocycles. The molecule has 0 unspecified atom stereocenters. The lowest BCUT2D eigenvalue weighted by molar-refractivity contribution is 0.131. The van der Waals surface area contributed by atoms with Crippen molar-refractivity contribution in [3.05, 3.63) is 23.8 Å². The largest absolute Gasteiger partial charge is 0.381 e. The summed E-state index contributed by atoms with van der Waals surface area (Å²) in [4.78, 5) is 8.68. The Balaban J connectivity index is 2.19. The van der Waals surface area contributed by atoms with Crippen LogP contribution in [0.25, 0.3) is 0 Å². The number of ether oxygens (including phenoxy) is 1. The van der Waals surface area contributed by atoms with E-state index in [1.54, 1.807) is 0 Å². The maximum Gasteiger partial charge on any atom is 0.130 e. The molecular formula is C13H23N3O. The normalized spacial score (nSPS) is 11.1. The van der Waals surface area contributed by atoms with Crippen molar-refractivity contribution in [1.29, 1.82) is 0 Å². The van der Waals surface area contributed by atoms with Crippen LogP contribution in [0.1, 0.15) is 44.0 Å². The first kappa shape index (κ1) is 14.1. The third kappa shape index (κ3) is 5.75. The highest BCUT2D eigenvalue weighted by atomic mass is 16.5. The first-order valence-corrected chi connectivity index (χ1v) is 6.32. The van der Waals surface area contributed by atoms with E-state index in [2.05, 4.69) is 23.8 Å². The quantitative estimate of drug-likeness (QED) is 0.701. The van der Waals surface area contributed by atoms with Crippen LogP contribution in [0.4, 0.5) is 0 Å². The summed E-state index contributed by atoms with van der Waals surface area (Å²) in [6.45, 7) is 6.44. The Bertz CT molecular complexity index is 298. The van der Waals surface area contributed by atoms with Crippen LogP contribution in [0.2, 0.25) is 0 Å². The molecule has 2 N–H and O–H groups in total. The summed E-state index contributed by atoms with van der Waals surface area (Å²) in [5, 5.41) is 0. The van der Waals surface area contributed by atoms with Crippen molar-refractivity contribution in [1.82, 2.24) is 9.97 Å². The molecule has 0 fully saturated rings. The van der Waals surface area contributed by atoms with Crippen LogP contribution in [-0.2, 0) is 11.2 Å². The van der Waals surface area contributed by atoms with E-state index >= 15 is 0 Å². The lowest BCUT2D eigenvalue weighted by Crippen LogP contribution is -2.05. The number of aryl methyl sites for hydroxylation is 1. The third-order valence-electron chi connectivity index (χ3n) is 2.49. The van der Waals surface area contributed by atoms with Gasteiger partial charge in [0.2, 0.25) is 0 Å². The molecule has 0 atom stereocenters. The first-order chi connectivity index (χ1) is 8.24. The van der Waals surface area contributed by atoms with Gasteiger partial charge >= 0.3 is 0 Å². The highest BCUT2D eigenvalue weighted by molar-refractivity contribution is 5.06. The van der Waals surface area contributed by atoms with E-state index in [0.29, 0.717) is 12.5 Å². The first-order valence-electron chi connectivity index (χ1n) is 6.32. The molecule has 0 bridgehead atoms. The van der Waals surface area contributed by atoms with Gasteiger partial charge < -0.3 is 10.5 Å². The number of aromatic nitrogens is 2. The molecule has 1 rings (SSSR count). The fraction of sp³-hybridized carbons (Fsp3) is 0.692. The summed E-state index contributed by atoms with van der Waals surface area (Å²) in [5.41, 5.74) is 6.55. The van der Waals surface area contributed by atoms with Gasteiger partial charge in [-0.15, -0.1) is 0 Å². The summed E-state index contributed by atoms with van der Waals surface area (Å²) in [7, 11) is 0. The molecule has 1 aromatic heterocycles. The highest BCUT2D eigenvalue weighted by Crippen LogP contribution is 2.08. The topological polar surface area (TPSA) is 61.0 Å². The predicted molar refractivity (Wildman–Crippen MR) is 68.9 cm³/mol. The van der Waals surface area contributed by atoms with Crippen LogP contribution >= 0.6 is 0 Å². The monoisotopic (exact) mass is 237 g/mol.